The molecule has 1 aromatic carbocycles. The van der Waals surface area contributed by atoms with Crippen molar-refractivity contribution >= 4 is 15.9 Å². The molecule has 1 N–H and O–H groups in total. The van der Waals surface area contributed by atoms with Gasteiger partial charge in [0.15, 0.2) is 0 Å². The van der Waals surface area contributed by atoms with E-state index in [0.29, 0.717) is 0 Å². The molecule has 1 aliphatic rings. The molecule has 2 heterocycles. The summed E-state index contributed by atoms with van der Waals surface area (Å²) in [5.41, 5.74) is 0.911. The predicted octanol–water partition coefficient (Wildman–Crippen LogP) is 3.18. The van der Waals surface area contributed by atoms with Crippen LogP contribution in [0.3, 0.4) is 0 Å². The Morgan fingerprint density at radius 1 is 1.25 bits per heavy atom. The number of halogens is 2. The molecule has 1 aromatic heterocycles. The summed E-state index contributed by atoms with van der Waals surface area (Å²) in [6, 6.07) is 8.79. The van der Waals surface area contributed by atoms with E-state index < -0.39 is 0 Å². The molecular formula is C15H16BrFN2O. The van der Waals surface area contributed by atoms with Crippen LogP contribution in [0.25, 0.3) is 0 Å². The number of hydrogen-bond donors (Lipinski definition) is 1. The third-order valence-corrected chi connectivity index (χ3v) is 3.99. The van der Waals surface area contributed by atoms with E-state index in [9.17, 15) is 4.39 Å². The molecule has 0 spiro atoms. The maximum absolute atomic E-state index is 13.7. The van der Waals surface area contributed by atoms with Gasteiger partial charge in [-0.15, -0.1) is 0 Å². The molecule has 0 amide bonds. The summed E-state index contributed by atoms with van der Waals surface area (Å²) in [5.74, 6) is 0.616. The molecule has 3 rings (SSSR count). The summed E-state index contributed by atoms with van der Waals surface area (Å²) in [6.45, 7) is 3.71. The number of hydrogen-bond acceptors (Lipinski definition) is 3. The maximum Gasteiger partial charge on any atom is 0.125 e. The Bertz CT molecular complexity index is 547. The van der Waals surface area contributed by atoms with Crippen molar-refractivity contribution in [2.75, 3.05) is 26.2 Å². The standard InChI is InChI=1S/C15H16BrFN2O/c16-12-8-11(9-13(17)10-12)15(14-2-1-7-20-14)19-5-3-18-4-6-19/h1-2,7-10,15,18H,3-6H2/t15-/m0/s1. The van der Waals surface area contributed by atoms with Crippen molar-refractivity contribution in [3.8, 4) is 0 Å². The summed E-state index contributed by atoms with van der Waals surface area (Å²) < 4.78 is 20.0. The van der Waals surface area contributed by atoms with Gasteiger partial charge in [0.1, 0.15) is 11.6 Å². The van der Waals surface area contributed by atoms with E-state index in [1.54, 1.807) is 12.3 Å². The van der Waals surface area contributed by atoms with Gasteiger partial charge < -0.3 is 9.73 Å². The molecular weight excluding hydrogens is 323 g/mol. The maximum atomic E-state index is 13.7. The topological polar surface area (TPSA) is 28.4 Å². The molecule has 5 heteroatoms. The highest BCUT2D eigenvalue weighted by molar-refractivity contribution is 9.10. The van der Waals surface area contributed by atoms with Gasteiger partial charge in [0.2, 0.25) is 0 Å². The molecule has 0 bridgehead atoms. The van der Waals surface area contributed by atoms with Crippen LogP contribution in [-0.2, 0) is 0 Å². The lowest BCUT2D eigenvalue weighted by Crippen LogP contribution is -2.45. The van der Waals surface area contributed by atoms with Crippen LogP contribution >= 0.6 is 15.9 Å². The molecule has 1 fully saturated rings. The molecule has 1 aliphatic heterocycles. The van der Waals surface area contributed by atoms with Crippen LogP contribution in [-0.4, -0.2) is 31.1 Å². The number of nitrogens with zero attached hydrogens (tertiary/aromatic N) is 1. The summed E-state index contributed by atoms with van der Waals surface area (Å²) in [4.78, 5) is 2.32. The Labute approximate surface area is 125 Å². The van der Waals surface area contributed by atoms with Gasteiger partial charge in [-0.3, -0.25) is 4.90 Å². The molecule has 1 saturated heterocycles. The third kappa shape index (κ3) is 2.95. The van der Waals surface area contributed by atoms with Crippen molar-refractivity contribution in [1.82, 2.24) is 10.2 Å². The van der Waals surface area contributed by atoms with E-state index in [1.165, 1.54) is 6.07 Å². The van der Waals surface area contributed by atoms with E-state index in [2.05, 4.69) is 26.1 Å². The normalized spacial score (nSPS) is 18.1. The monoisotopic (exact) mass is 338 g/mol. The molecule has 0 radical (unpaired) electrons. The first kappa shape index (κ1) is 13.8. The first-order valence-corrected chi connectivity index (χ1v) is 7.47. The second kappa shape index (κ2) is 6.08. The number of furan rings is 1. The summed E-state index contributed by atoms with van der Waals surface area (Å²) >= 11 is 3.37. The Morgan fingerprint density at radius 2 is 2.05 bits per heavy atom. The number of rotatable bonds is 3. The van der Waals surface area contributed by atoms with Crippen LogP contribution in [0.5, 0.6) is 0 Å². The van der Waals surface area contributed by atoms with Gasteiger partial charge in [0.25, 0.3) is 0 Å². The van der Waals surface area contributed by atoms with E-state index in [-0.39, 0.29) is 11.9 Å². The molecule has 3 nitrogen and oxygen atoms in total. The molecule has 0 saturated carbocycles. The van der Waals surface area contributed by atoms with Crippen molar-refractivity contribution in [2.45, 2.75) is 6.04 Å². The van der Waals surface area contributed by atoms with Crippen molar-refractivity contribution in [2.24, 2.45) is 0 Å². The zero-order valence-electron chi connectivity index (χ0n) is 11.0. The molecule has 20 heavy (non-hydrogen) atoms. The Hall–Kier alpha value is -1.17. The minimum atomic E-state index is -0.235. The van der Waals surface area contributed by atoms with E-state index in [0.717, 1.165) is 42.0 Å². The second-order valence-corrected chi connectivity index (χ2v) is 5.82. The highest BCUT2D eigenvalue weighted by Crippen LogP contribution is 2.31. The quantitative estimate of drug-likeness (QED) is 0.931. The van der Waals surface area contributed by atoms with Crippen LogP contribution in [0, 0.1) is 5.82 Å². The fourth-order valence-corrected chi connectivity index (χ4v) is 3.16. The van der Waals surface area contributed by atoms with Crippen molar-refractivity contribution in [1.29, 1.82) is 0 Å². The van der Waals surface area contributed by atoms with Crippen molar-refractivity contribution in [3.63, 3.8) is 0 Å². The first-order valence-electron chi connectivity index (χ1n) is 6.68. The molecule has 106 valence electrons. The Balaban J connectivity index is 2.00. The molecule has 0 aliphatic carbocycles. The first-order chi connectivity index (χ1) is 9.74. The lowest BCUT2D eigenvalue weighted by molar-refractivity contribution is 0.180. The van der Waals surface area contributed by atoms with Gasteiger partial charge in [-0.2, -0.15) is 0 Å². The fourth-order valence-electron chi connectivity index (χ4n) is 2.68. The number of benzene rings is 1. The Morgan fingerprint density at radius 3 is 2.70 bits per heavy atom. The average Bonchev–Trinajstić information content (AvgIpc) is 2.93. The van der Waals surface area contributed by atoms with Crippen LogP contribution in [0.15, 0.2) is 45.5 Å². The number of piperazine rings is 1. The minimum Gasteiger partial charge on any atom is -0.467 e. The third-order valence-electron chi connectivity index (χ3n) is 3.53. The summed E-state index contributed by atoms with van der Waals surface area (Å²) in [7, 11) is 0. The zero-order valence-corrected chi connectivity index (χ0v) is 12.6. The number of nitrogens with one attached hydrogen (secondary N) is 1. The van der Waals surface area contributed by atoms with E-state index in [4.69, 9.17) is 4.42 Å². The zero-order chi connectivity index (χ0) is 13.9. The largest absolute Gasteiger partial charge is 0.467 e. The highest BCUT2D eigenvalue weighted by atomic mass is 79.9. The lowest BCUT2D eigenvalue weighted by atomic mass is 10.0. The van der Waals surface area contributed by atoms with Gasteiger partial charge in [-0.25, -0.2) is 4.39 Å². The highest BCUT2D eigenvalue weighted by Gasteiger charge is 2.26. The van der Waals surface area contributed by atoms with Gasteiger partial charge in [-0.05, 0) is 35.9 Å². The predicted molar refractivity (Wildman–Crippen MR) is 79.1 cm³/mol. The SMILES string of the molecule is Fc1cc(Br)cc([C@@H](c2ccco2)N2CCNCC2)c1. The van der Waals surface area contributed by atoms with Crippen LogP contribution in [0.1, 0.15) is 17.4 Å². The van der Waals surface area contributed by atoms with Crippen LogP contribution < -0.4 is 5.32 Å². The molecule has 0 unspecified atom stereocenters. The van der Waals surface area contributed by atoms with E-state index in [1.807, 2.05) is 18.2 Å². The van der Waals surface area contributed by atoms with Crippen molar-refractivity contribution < 1.29 is 8.81 Å². The molecule has 2 aromatic rings. The summed E-state index contributed by atoms with van der Waals surface area (Å²) in [5, 5.41) is 3.33. The van der Waals surface area contributed by atoms with Crippen molar-refractivity contribution in [3.05, 3.63) is 58.2 Å². The smallest absolute Gasteiger partial charge is 0.125 e. The van der Waals surface area contributed by atoms with Gasteiger partial charge in [0.05, 0.1) is 12.3 Å². The van der Waals surface area contributed by atoms with Gasteiger partial charge >= 0.3 is 0 Å². The van der Waals surface area contributed by atoms with E-state index >= 15 is 0 Å². The van der Waals surface area contributed by atoms with Crippen LogP contribution in [0.4, 0.5) is 4.39 Å². The minimum absolute atomic E-state index is 0.0425. The van der Waals surface area contributed by atoms with Gasteiger partial charge in [0, 0.05) is 30.7 Å². The lowest BCUT2D eigenvalue weighted by Gasteiger charge is -2.34. The Kier molecular flexibility index (Phi) is 4.19. The second-order valence-electron chi connectivity index (χ2n) is 4.91. The average molecular weight is 339 g/mol. The van der Waals surface area contributed by atoms with Crippen LogP contribution in [0.2, 0.25) is 0 Å². The molecule has 1 atom stereocenters. The van der Waals surface area contributed by atoms with Gasteiger partial charge in [-0.1, -0.05) is 15.9 Å². The summed E-state index contributed by atoms with van der Waals surface area (Å²) in [6.07, 6.45) is 1.67. The fraction of sp³-hybridized carbons (Fsp3) is 0.333.